The number of carbonyl (C=O) groups excluding carboxylic acids is 1. The van der Waals surface area contributed by atoms with Gasteiger partial charge in [-0.2, -0.15) is 4.31 Å². The average Bonchev–Trinajstić information content (AvgIpc) is 3.06. The van der Waals surface area contributed by atoms with Gasteiger partial charge in [0.1, 0.15) is 6.04 Å². The fourth-order valence-electron chi connectivity index (χ4n) is 2.99. The van der Waals surface area contributed by atoms with E-state index in [1.807, 2.05) is 30.3 Å². The Kier molecular flexibility index (Phi) is 4.19. The van der Waals surface area contributed by atoms with Crippen LogP contribution in [0.4, 0.5) is 0 Å². The van der Waals surface area contributed by atoms with Crippen LogP contribution < -0.4 is 5.73 Å². The first-order chi connectivity index (χ1) is 11.0. The first-order valence-electron chi connectivity index (χ1n) is 7.47. The second kappa shape index (κ2) is 6.14. The van der Waals surface area contributed by atoms with Crippen molar-refractivity contribution in [1.82, 2.24) is 4.31 Å². The summed E-state index contributed by atoms with van der Waals surface area (Å²) in [6.07, 6.45) is 1.11. The summed E-state index contributed by atoms with van der Waals surface area (Å²) < 4.78 is 27.4. The van der Waals surface area contributed by atoms with E-state index in [1.165, 1.54) is 4.31 Å². The molecule has 1 atom stereocenters. The molecule has 5 nitrogen and oxygen atoms in total. The predicted molar refractivity (Wildman–Crippen MR) is 88.0 cm³/mol. The van der Waals surface area contributed by atoms with Crippen molar-refractivity contribution in [1.29, 1.82) is 0 Å². The van der Waals surface area contributed by atoms with E-state index in [9.17, 15) is 13.2 Å². The average molecular weight is 330 g/mol. The monoisotopic (exact) mass is 330 g/mol. The molecule has 0 saturated carbocycles. The van der Waals surface area contributed by atoms with Crippen LogP contribution in [0.15, 0.2) is 59.5 Å². The van der Waals surface area contributed by atoms with Gasteiger partial charge < -0.3 is 5.73 Å². The Morgan fingerprint density at radius 3 is 2.39 bits per heavy atom. The van der Waals surface area contributed by atoms with Crippen LogP contribution in [-0.4, -0.2) is 31.2 Å². The molecule has 0 aliphatic carbocycles. The van der Waals surface area contributed by atoms with Gasteiger partial charge in [-0.3, -0.25) is 4.79 Å². The lowest BCUT2D eigenvalue weighted by molar-refractivity contribution is -0.121. The molecule has 0 bridgehead atoms. The van der Waals surface area contributed by atoms with Crippen molar-refractivity contribution in [2.45, 2.75) is 23.8 Å². The predicted octanol–water partition coefficient (Wildman–Crippen LogP) is 1.99. The fraction of sp³-hybridized carbons (Fsp3) is 0.235. The van der Waals surface area contributed by atoms with E-state index in [0.29, 0.717) is 24.9 Å². The van der Waals surface area contributed by atoms with Crippen molar-refractivity contribution in [3.8, 4) is 11.1 Å². The maximum Gasteiger partial charge on any atom is 0.244 e. The summed E-state index contributed by atoms with van der Waals surface area (Å²) in [6.45, 7) is 0.319. The molecule has 1 saturated heterocycles. The molecule has 23 heavy (non-hydrogen) atoms. The summed E-state index contributed by atoms with van der Waals surface area (Å²) in [7, 11) is -3.78. The van der Waals surface area contributed by atoms with Gasteiger partial charge in [0.25, 0.3) is 0 Å². The van der Waals surface area contributed by atoms with Gasteiger partial charge in [0.15, 0.2) is 0 Å². The Labute approximate surface area is 135 Å². The minimum Gasteiger partial charge on any atom is -0.368 e. The molecule has 6 heteroatoms. The van der Waals surface area contributed by atoms with E-state index >= 15 is 0 Å². The summed E-state index contributed by atoms with van der Waals surface area (Å²) in [5.41, 5.74) is 6.82. The van der Waals surface area contributed by atoms with Crippen molar-refractivity contribution in [2.75, 3.05) is 6.54 Å². The molecule has 2 aromatic rings. The Bertz CT molecular complexity index is 819. The first kappa shape index (κ1) is 15.7. The molecule has 2 aromatic carbocycles. The molecule has 0 aromatic heterocycles. The van der Waals surface area contributed by atoms with Crippen molar-refractivity contribution in [2.24, 2.45) is 5.73 Å². The standard InChI is InChI=1S/C17H18N2O3S/c18-17(20)15-10-6-12-19(15)23(21,22)16-11-5-4-9-14(16)13-7-2-1-3-8-13/h1-5,7-9,11,15H,6,10,12H2,(H2,18,20)/t15-/m0/s1. The fourth-order valence-corrected chi connectivity index (χ4v) is 4.87. The molecule has 2 N–H and O–H groups in total. The summed E-state index contributed by atoms with van der Waals surface area (Å²) in [4.78, 5) is 11.8. The minimum absolute atomic E-state index is 0.208. The number of hydrogen-bond acceptors (Lipinski definition) is 3. The highest BCUT2D eigenvalue weighted by atomic mass is 32.2. The minimum atomic E-state index is -3.78. The van der Waals surface area contributed by atoms with Crippen molar-refractivity contribution in [3.63, 3.8) is 0 Å². The van der Waals surface area contributed by atoms with Gasteiger partial charge in [-0.1, -0.05) is 48.5 Å². The van der Waals surface area contributed by atoms with Gasteiger partial charge in [0, 0.05) is 12.1 Å². The number of nitrogens with zero attached hydrogens (tertiary/aromatic N) is 1. The summed E-state index contributed by atoms with van der Waals surface area (Å²) in [5.74, 6) is -0.594. The zero-order valence-electron chi connectivity index (χ0n) is 12.6. The maximum absolute atomic E-state index is 13.1. The van der Waals surface area contributed by atoms with Crippen LogP contribution >= 0.6 is 0 Å². The highest BCUT2D eigenvalue weighted by molar-refractivity contribution is 7.89. The van der Waals surface area contributed by atoms with Crippen molar-refractivity contribution in [3.05, 3.63) is 54.6 Å². The van der Waals surface area contributed by atoms with Crippen molar-refractivity contribution >= 4 is 15.9 Å². The van der Waals surface area contributed by atoms with Crippen LogP contribution in [0.5, 0.6) is 0 Å². The topological polar surface area (TPSA) is 80.5 Å². The third-order valence-corrected chi connectivity index (χ3v) is 6.06. The summed E-state index contributed by atoms with van der Waals surface area (Å²) >= 11 is 0. The number of primary amides is 1. The highest BCUT2D eigenvalue weighted by Gasteiger charge is 2.39. The smallest absolute Gasteiger partial charge is 0.244 e. The van der Waals surface area contributed by atoms with Gasteiger partial charge in [-0.05, 0) is 24.5 Å². The van der Waals surface area contributed by atoms with Crippen LogP contribution in [-0.2, 0) is 14.8 Å². The summed E-state index contributed by atoms with van der Waals surface area (Å²) in [5, 5.41) is 0. The maximum atomic E-state index is 13.1. The number of benzene rings is 2. The lowest BCUT2D eigenvalue weighted by Gasteiger charge is -2.23. The van der Waals surface area contributed by atoms with Crippen LogP contribution in [0, 0.1) is 0 Å². The molecule has 0 unspecified atom stereocenters. The van der Waals surface area contributed by atoms with Crippen molar-refractivity contribution < 1.29 is 13.2 Å². The normalized spacial score (nSPS) is 18.9. The van der Waals surface area contributed by atoms with E-state index in [2.05, 4.69) is 0 Å². The molecule has 1 fully saturated rings. The zero-order valence-corrected chi connectivity index (χ0v) is 13.4. The number of sulfonamides is 1. The van der Waals surface area contributed by atoms with Gasteiger partial charge in [-0.15, -0.1) is 0 Å². The molecular weight excluding hydrogens is 312 g/mol. The van der Waals surface area contributed by atoms with E-state index in [1.54, 1.807) is 24.3 Å². The van der Waals surface area contributed by atoms with Crippen LogP contribution in [0.25, 0.3) is 11.1 Å². The van der Waals surface area contributed by atoms with E-state index in [0.717, 1.165) is 5.56 Å². The molecule has 1 heterocycles. The number of carbonyl (C=O) groups is 1. The molecular formula is C17H18N2O3S. The third kappa shape index (κ3) is 2.87. The molecule has 1 aliphatic heterocycles. The van der Waals surface area contributed by atoms with E-state index in [4.69, 9.17) is 5.73 Å². The number of hydrogen-bond donors (Lipinski definition) is 1. The molecule has 1 amide bonds. The highest BCUT2D eigenvalue weighted by Crippen LogP contribution is 2.32. The van der Waals surface area contributed by atoms with Gasteiger partial charge >= 0.3 is 0 Å². The Hall–Kier alpha value is -2.18. The van der Waals surface area contributed by atoms with Crippen LogP contribution in [0.1, 0.15) is 12.8 Å². The Balaban J connectivity index is 2.10. The summed E-state index contributed by atoms with van der Waals surface area (Å²) in [6, 6.07) is 15.4. The first-order valence-corrected chi connectivity index (χ1v) is 8.91. The lowest BCUT2D eigenvalue weighted by atomic mass is 10.1. The quantitative estimate of drug-likeness (QED) is 0.931. The van der Waals surface area contributed by atoms with E-state index in [-0.39, 0.29) is 4.90 Å². The van der Waals surface area contributed by atoms with E-state index < -0.39 is 22.0 Å². The molecule has 3 rings (SSSR count). The zero-order chi connectivity index (χ0) is 16.4. The molecule has 1 aliphatic rings. The molecule has 0 radical (unpaired) electrons. The Morgan fingerprint density at radius 1 is 1.04 bits per heavy atom. The number of nitrogens with two attached hydrogens (primary N) is 1. The van der Waals surface area contributed by atoms with Crippen LogP contribution in [0.3, 0.4) is 0 Å². The SMILES string of the molecule is NC(=O)[C@@H]1CCCN1S(=O)(=O)c1ccccc1-c1ccccc1. The van der Waals surface area contributed by atoms with Gasteiger partial charge in [-0.25, -0.2) is 8.42 Å². The number of amides is 1. The van der Waals surface area contributed by atoms with Gasteiger partial charge in [0.05, 0.1) is 4.90 Å². The molecule has 0 spiro atoms. The van der Waals surface area contributed by atoms with Gasteiger partial charge in [0.2, 0.25) is 15.9 Å². The molecule has 120 valence electrons. The van der Waals surface area contributed by atoms with Crippen LogP contribution in [0.2, 0.25) is 0 Å². The lowest BCUT2D eigenvalue weighted by Crippen LogP contribution is -2.43. The second-order valence-corrected chi connectivity index (χ2v) is 7.40. The Morgan fingerprint density at radius 2 is 1.70 bits per heavy atom. The largest absolute Gasteiger partial charge is 0.368 e. The third-order valence-electron chi connectivity index (χ3n) is 4.09. The second-order valence-electron chi connectivity index (χ2n) is 5.54. The number of rotatable bonds is 4.